The van der Waals surface area contributed by atoms with Gasteiger partial charge in [0.25, 0.3) is 0 Å². The monoisotopic (exact) mass is 400 g/mol. The lowest BCUT2D eigenvalue weighted by atomic mass is 9.48. The molecule has 4 nitrogen and oxygen atoms in total. The van der Waals surface area contributed by atoms with Gasteiger partial charge in [-0.25, -0.2) is 0 Å². The Morgan fingerprint density at radius 1 is 0.964 bits per heavy atom. The number of hydrogen-bond donors (Lipinski definition) is 0. The minimum absolute atomic E-state index is 0.0251. The van der Waals surface area contributed by atoms with Crippen molar-refractivity contribution in [2.24, 2.45) is 23.2 Å². The predicted octanol–water partition coefficient (Wildman–Crippen LogP) is 4.70. The maximum Gasteiger partial charge on any atom is 0.306 e. The molecule has 0 atom stereocenters. The number of ketones is 2. The smallest absolute Gasteiger partial charge is 0.306 e. The lowest BCUT2D eigenvalue weighted by molar-refractivity contribution is -0.157. The summed E-state index contributed by atoms with van der Waals surface area (Å²) < 4.78 is 5.27. The highest BCUT2D eigenvalue weighted by molar-refractivity contribution is 7.98. The molecule has 1 aromatic rings. The summed E-state index contributed by atoms with van der Waals surface area (Å²) in [6, 6.07) is 7.38. The van der Waals surface area contributed by atoms with E-state index in [4.69, 9.17) is 4.74 Å². The largest absolute Gasteiger partial charge is 0.458 e. The average Bonchev–Trinajstić information content (AvgIpc) is 2.69. The molecule has 0 saturated heterocycles. The van der Waals surface area contributed by atoms with Crippen molar-refractivity contribution in [3.05, 3.63) is 29.8 Å². The van der Waals surface area contributed by atoms with Crippen molar-refractivity contribution in [3.8, 4) is 0 Å². The third-order valence-electron chi connectivity index (χ3n) is 6.96. The van der Waals surface area contributed by atoms with Crippen LogP contribution in [0.2, 0.25) is 0 Å². The van der Waals surface area contributed by atoms with Crippen molar-refractivity contribution < 1.29 is 19.1 Å². The van der Waals surface area contributed by atoms with E-state index >= 15 is 0 Å². The highest BCUT2D eigenvalue weighted by Gasteiger charge is 2.54. The predicted molar refractivity (Wildman–Crippen MR) is 108 cm³/mol. The van der Waals surface area contributed by atoms with Gasteiger partial charge in [0.1, 0.15) is 0 Å². The summed E-state index contributed by atoms with van der Waals surface area (Å²) in [5.74, 6) is 1.67. The van der Waals surface area contributed by atoms with Gasteiger partial charge in [0.15, 0.2) is 18.2 Å². The average molecular weight is 401 g/mol. The Kier molecular flexibility index (Phi) is 5.64. The summed E-state index contributed by atoms with van der Waals surface area (Å²) in [6.45, 7) is -0.123. The molecule has 0 amide bonds. The third kappa shape index (κ3) is 4.05. The van der Waals surface area contributed by atoms with Crippen LogP contribution >= 0.6 is 11.8 Å². The molecule has 28 heavy (non-hydrogen) atoms. The molecule has 0 heterocycles. The van der Waals surface area contributed by atoms with Crippen molar-refractivity contribution in [2.45, 2.75) is 56.3 Å². The van der Waals surface area contributed by atoms with E-state index in [0.29, 0.717) is 23.3 Å². The second kappa shape index (κ2) is 8.02. The zero-order chi connectivity index (χ0) is 19.7. The standard InChI is InChI=1S/C23H28O4S/c1-28-19-4-2-18(3-5-19)20(24)6-7-22(26)27-14-21(25)23-11-15-8-16(12-23)10-17(9-15)13-23/h2-5,15-17H,6-14H2,1H3. The van der Waals surface area contributed by atoms with Gasteiger partial charge < -0.3 is 4.74 Å². The van der Waals surface area contributed by atoms with Crippen molar-refractivity contribution >= 4 is 29.3 Å². The first-order valence-corrected chi connectivity index (χ1v) is 11.6. The molecule has 4 aliphatic carbocycles. The SMILES string of the molecule is CSc1ccc(C(=O)CCC(=O)OCC(=O)C23CC4CC(CC(C4)C2)C3)cc1. The van der Waals surface area contributed by atoms with Crippen molar-refractivity contribution in [1.82, 2.24) is 0 Å². The van der Waals surface area contributed by atoms with Crippen LogP contribution in [0, 0.1) is 23.2 Å². The van der Waals surface area contributed by atoms with Crippen LogP contribution in [0.25, 0.3) is 0 Å². The number of hydrogen-bond acceptors (Lipinski definition) is 5. The van der Waals surface area contributed by atoms with Gasteiger partial charge in [0.2, 0.25) is 0 Å². The Morgan fingerprint density at radius 3 is 2.07 bits per heavy atom. The molecule has 4 fully saturated rings. The normalized spacial score (nSPS) is 30.2. The van der Waals surface area contributed by atoms with Crippen LogP contribution in [-0.4, -0.2) is 30.4 Å². The number of benzene rings is 1. The van der Waals surface area contributed by atoms with Crippen LogP contribution in [0.15, 0.2) is 29.2 Å². The lowest BCUT2D eigenvalue weighted by Crippen LogP contribution is -2.51. The van der Waals surface area contributed by atoms with Crippen LogP contribution in [0.5, 0.6) is 0 Å². The Hall–Kier alpha value is -1.62. The number of rotatable bonds is 8. The maximum atomic E-state index is 12.9. The number of ether oxygens (including phenoxy) is 1. The highest BCUT2D eigenvalue weighted by Crippen LogP contribution is 2.60. The van der Waals surface area contributed by atoms with E-state index < -0.39 is 5.97 Å². The molecule has 0 aromatic heterocycles. The van der Waals surface area contributed by atoms with E-state index in [1.807, 2.05) is 18.4 Å². The van der Waals surface area contributed by atoms with Gasteiger partial charge in [-0.05, 0) is 74.7 Å². The lowest BCUT2D eigenvalue weighted by Gasteiger charge is -2.55. The summed E-state index contributed by atoms with van der Waals surface area (Å²) in [6.07, 6.45) is 8.93. The maximum absolute atomic E-state index is 12.9. The van der Waals surface area contributed by atoms with Crippen molar-refractivity contribution in [3.63, 3.8) is 0 Å². The molecule has 1 aromatic carbocycles. The molecule has 0 unspecified atom stereocenters. The quantitative estimate of drug-likeness (QED) is 0.360. The van der Waals surface area contributed by atoms with E-state index in [1.165, 1.54) is 19.3 Å². The number of carbonyl (C=O) groups is 3. The molecule has 4 saturated carbocycles. The second-order valence-electron chi connectivity index (χ2n) is 8.93. The molecule has 4 aliphatic rings. The highest BCUT2D eigenvalue weighted by atomic mass is 32.2. The van der Waals surface area contributed by atoms with Crippen LogP contribution < -0.4 is 0 Å². The Bertz CT molecular complexity index is 732. The summed E-state index contributed by atoms with van der Waals surface area (Å²) in [4.78, 5) is 38.3. The van der Waals surface area contributed by atoms with Crippen molar-refractivity contribution in [1.29, 1.82) is 0 Å². The fourth-order valence-corrected chi connectivity index (χ4v) is 6.37. The Balaban J connectivity index is 1.24. The topological polar surface area (TPSA) is 60.4 Å². The molecule has 5 heteroatoms. The minimum Gasteiger partial charge on any atom is -0.458 e. The van der Waals surface area contributed by atoms with E-state index in [2.05, 4.69) is 0 Å². The van der Waals surface area contributed by atoms with Crippen molar-refractivity contribution in [2.75, 3.05) is 12.9 Å². The van der Waals surface area contributed by atoms with Crippen LogP contribution in [0.4, 0.5) is 0 Å². The molecular weight excluding hydrogens is 372 g/mol. The first-order valence-electron chi connectivity index (χ1n) is 10.3. The first-order chi connectivity index (χ1) is 13.5. The number of Topliss-reactive ketones (excluding diaryl/α,β-unsaturated/α-hetero) is 2. The van der Waals surface area contributed by atoms with E-state index in [9.17, 15) is 14.4 Å². The van der Waals surface area contributed by atoms with Gasteiger partial charge in [0.05, 0.1) is 6.42 Å². The first kappa shape index (κ1) is 19.7. The third-order valence-corrected chi connectivity index (χ3v) is 7.71. The van der Waals surface area contributed by atoms with Crippen LogP contribution in [-0.2, 0) is 14.3 Å². The van der Waals surface area contributed by atoms with Gasteiger partial charge in [0, 0.05) is 22.3 Å². The molecule has 0 N–H and O–H groups in total. The molecule has 0 radical (unpaired) electrons. The molecule has 0 spiro atoms. The van der Waals surface area contributed by atoms with Gasteiger partial charge in [-0.3, -0.25) is 14.4 Å². The molecule has 150 valence electrons. The van der Waals surface area contributed by atoms with Crippen LogP contribution in [0.1, 0.15) is 61.7 Å². The molecular formula is C23H28O4S. The van der Waals surface area contributed by atoms with E-state index in [0.717, 1.165) is 24.2 Å². The number of carbonyl (C=O) groups excluding carboxylic acids is 3. The number of esters is 1. The van der Waals surface area contributed by atoms with Gasteiger partial charge in [-0.1, -0.05) is 12.1 Å². The summed E-state index contributed by atoms with van der Waals surface area (Å²) in [5, 5.41) is 0. The fraction of sp³-hybridized carbons (Fsp3) is 0.609. The zero-order valence-electron chi connectivity index (χ0n) is 16.4. The van der Waals surface area contributed by atoms with E-state index in [1.54, 1.807) is 23.9 Å². The Morgan fingerprint density at radius 2 is 1.54 bits per heavy atom. The minimum atomic E-state index is -0.452. The van der Waals surface area contributed by atoms with Crippen LogP contribution in [0.3, 0.4) is 0 Å². The summed E-state index contributed by atoms with van der Waals surface area (Å²) >= 11 is 1.62. The number of thioether (sulfide) groups is 1. The second-order valence-corrected chi connectivity index (χ2v) is 9.81. The molecule has 4 bridgehead atoms. The molecule has 5 rings (SSSR count). The van der Waals surface area contributed by atoms with Gasteiger partial charge >= 0.3 is 5.97 Å². The molecule has 0 aliphatic heterocycles. The summed E-state index contributed by atoms with van der Waals surface area (Å²) in [7, 11) is 0. The fourth-order valence-electron chi connectivity index (χ4n) is 5.96. The summed E-state index contributed by atoms with van der Waals surface area (Å²) in [5.41, 5.74) is 0.374. The zero-order valence-corrected chi connectivity index (χ0v) is 17.3. The van der Waals surface area contributed by atoms with Gasteiger partial charge in [-0.15, -0.1) is 11.8 Å². The van der Waals surface area contributed by atoms with Gasteiger partial charge in [-0.2, -0.15) is 0 Å². The Labute approximate surface area is 170 Å². The van der Waals surface area contributed by atoms with E-state index in [-0.39, 0.29) is 36.4 Å².